The molecule has 0 bridgehead atoms. The van der Waals surface area contributed by atoms with E-state index in [0.717, 1.165) is 16.8 Å². The van der Waals surface area contributed by atoms with Crippen LogP contribution in [0.3, 0.4) is 0 Å². The lowest BCUT2D eigenvalue weighted by Gasteiger charge is -2.20. The smallest absolute Gasteiger partial charge is 0.229 e. The molecule has 0 aliphatic carbocycles. The van der Waals surface area contributed by atoms with Gasteiger partial charge in [0.25, 0.3) is 0 Å². The monoisotopic (exact) mass is 391 g/mol. The summed E-state index contributed by atoms with van der Waals surface area (Å²) in [6.07, 6.45) is 0.211. The van der Waals surface area contributed by atoms with Crippen molar-refractivity contribution < 1.29 is 14.0 Å². The average molecular weight is 391 g/mol. The van der Waals surface area contributed by atoms with E-state index in [1.807, 2.05) is 58.0 Å². The standard InChI is InChI=1S/C23H25N3O3/c1-13(2)23-25-18-11-17(8-9-20(18)29-23)24-22(28)16-10-21(27)26(12-16)19-7-5-6-14(3)15(19)4/h5-9,11,13,16H,10,12H2,1-4H3,(H,24,28). The maximum Gasteiger partial charge on any atom is 0.229 e. The number of rotatable bonds is 4. The van der Waals surface area contributed by atoms with Crippen molar-refractivity contribution in [1.82, 2.24) is 4.98 Å². The molecule has 1 saturated heterocycles. The topological polar surface area (TPSA) is 75.4 Å². The molecule has 2 aromatic carbocycles. The largest absolute Gasteiger partial charge is 0.440 e. The molecule has 1 fully saturated rings. The van der Waals surface area contributed by atoms with E-state index >= 15 is 0 Å². The Morgan fingerprint density at radius 2 is 2.03 bits per heavy atom. The van der Waals surface area contributed by atoms with E-state index in [-0.39, 0.29) is 30.1 Å². The third-order valence-corrected chi connectivity index (χ3v) is 5.53. The number of nitrogens with zero attached hydrogens (tertiary/aromatic N) is 2. The van der Waals surface area contributed by atoms with Gasteiger partial charge in [-0.1, -0.05) is 26.0 Å². The van der Waals surface area contributed by atoms with Gasteiger partial charge in [-0.25, -0.2) is 4.98 Å². The number of oxazole rings is 1. The van der Waals surface area contributed by atoms with E-state index in [2.05, 4.69) is 10.3 Å². The minimum atomic E-state index is -0.387. The highest BCUT2D eigenvalue weighted by Gasteiger charge is 2.35. The zero-order valence-corrected chi connectivity index (χ0v) is 17.2. The third kappa shape index (κ3) is 3.62. The van der Waals surface area contributed by atoms with Gasteiger partial charge in [-0.2, -0.15) is 0 Å². The number of aryl methyl sites for hydroxylation is 1. The summed E-state index contributed by atoms with van der Waals surface area (Å²) in [6.45, 7) is 8.45. The molecule has 150 valence electrons. The fraction of sp³-hybridized carbons (Fsp3) is 0.348. The second-order valence-electron chi connectivity index (χ2n) is 8.00. The number of aromatic nitrogens is 1. The Labute approximate surface area is 169 Å². The van der Waals surface area contributed by atoms with Crippen LogP contribution in [-0.2, 0) is 9.59 Å². The molecule has 2 heterocycles. The van der Waals surface area contributed by atoms with Crippen LogP contribution in [0.4, 0.5) is 11.4 Å². The molecule has 1 aliphatic heterocycles. The summed E-state index contributed by atoms with van der Waals surface area (Å²) < 4.78 is 5.71. The van der Waals surface area contributed by atoms with Gasteiger partial charge in [0.15, 0.2) is 11.5 Å². The van der Waals surface area contributed by atoms with Crippen molar-refractivity contribution in [3.63, 3.8) is 0 Å². The maximum atomic E-state index is 12.8. The zero-order valence-electron chi connectivity index (χ0n) is 17.2. The van der Waals surface area contributed by atoms with E-state index < -0.39 is 0 Å². The molecule has 0 saturated carbocycles. The molecular formula is C23H25N3O3. The van der Waals surface area contributed by atoms with E-state index in [0.29, 0.717) is 29.2 Å². The van der Waals surface area contributed by atoms with Crippen molar-refractivity contribution >= 4 is 34.3 Å². The first-order valence-electron chi connectivity index (χ1n) is 9.91. The number of nitrogens with one attached hydrogen (secondary N) is 1. The van der Waals surface area contributed by atoms with Crippen molar-refractivity contribution in [2.24, 2.45) is 5.92 Å². The highest BCUT2D eigenvalue weighted by molar-refractivity contribution is 6.04. The molecule has 1 aromatic heterocycles. The molecule has 1 N–H and O–H groups in total. The molecule has 4 rings (SSSR count). The van der Waals surface area contributed by atoms with Crippen LogP contribution in [0.5, 0.6) is 0 Å². The Balaban J connectivity index is 1.50. The molecule has 0 spiro atoms. The van der Waals surface area contributed by atoms with Gasteiger partial charge in [0, 0.05) is 30.3 Å². The number of hydrogen-bond acceptors (Lipinski definition) is 4. The predicted molar refractivity (Wildman–Crippen MR) is 113 cm³/mol. The van der Waals surface area contributed by atoms with Crippen LogP contribution >= 0.6 is 0 Å². The first-order chi connectivity index (χ1) is 13.8. The van der Waals surface area contributed by atoms with E-state index in [9.17, 15) is 9.59 Å². The van der Waals surface area contributed by atoms with Gasteiger partial charge >= 0.3 is 0 Å². The second-order valence-corrected chi connectivity index (χ2v) is 8.00. The summed E-state index contributed by atoms with van der Waals surface area (Å²) in [5, 5.41) is 2.93. The SMILES string of the molecule is Cc1cccc(N2CC(C(=O)Nc3ccc4oc(C(C)C)nc4c3)CC2=O)c1C. The van der Waals surface area contributed by atoms with Gasteiger partial charge in [0.05, 0.1) is 5.92 Å². The van der Waals surface area contributed by atoms with E-state index in [1.54, 1.807) is 11.0 Å². The number of hydrogen-bond donors (Lipinski definition) is 1. The van der Waals surface area contributed by atoms with Crippen LogP contribution in [0.15, 0.2) is 40.8 Å². The fourth-order valence-electron chi connectivity index (χ4n) is 3.66. The Bertz CT molecular complexity index is 1100. The lowest BCUT2D eigenvalue weighted by atomic mass is 10.1. The molecule has 2 amide bonds. The van der Waals surface area contributed by atoms with Crippen LogP contribution in [0.2, 0.25) is 0 Å². The third-order valence-electron chi connectivity index (χ3n) is 5.53. The molecular weight excluding hydrogens is 366 g/mol. The number of carbonyl (C=O) groups is 2. The Morgan fingerprint density at radius 3 is 2.79 bits per heavy atom. The quantitative estimate of drug-likeness (QED) is 0.707. The molecule has 3 aromatic rings. The molecule has 1 aliphatic rings. The zero-order chi connectivity index (χ0) is 20.7. The predicted octanol–water partition coefficient (Wildman–Crippen LogP) is 4.56. The number of amides is 2. The molecule has 6 nitrogen and oxygen atoms in total. The van der Waals surface area contributed by atoms with E-state index in [4.69, 9.17) is 4.42 Å². The van der Waals surface area contributed by atoms with Crippen LogP contribution in [0, 0.1) is 19.8 Å². The minimum absolute atomic E-state index is 0.0209. The van der Waals surface area contributed by atoms with Crippen molar-refractivity contribution in [2.75, 3.05) is 16.8 Å². The summed E-state index contributed by atoms with van der Waals surface area (Å²) in [5.41, 5.74) is 5.15. The van der Waals surface area contributed by atoms with Gasteiger partial charge < -0.3 is 14.6 Å². The summed E-state index contributed by atoms with van der Waals surface area (Å²) in [4.78, 5) is 31.6. The normalized spacial score (nSPS) is 16.8. The lowest BCUT2D eigenvalue weighted by molar-refractivity contribution is -0.122. The Kier molecular flexibility index (Phi) is 4.86. The molecule has 0 radical (unpaired) electrons. The van der Waals surface area contributed by atoms with Crippen molar-refractivity contribution in [2.45, 2.75) is 40.0 Å². The Morgan fingerprint density at radius 1 is 1.24 bits per heavy atom. The van der Waals surface area contributed by atoms with Gasteiger partial charge in [0.1, 0.15) is 5.52 Å². The lowest BCUT2D eigenvalue weighted by Crippen LogP contribution is -2.28. The number of fused-ring (bicyclic) bond motifs is 1. The first kappa shape index (κ1) is 19.2. The maximum absolute atomic E-state index is 12.8. The summed E-state index contributed by atoms with van der Waals surface area (Å²) in [5.74, 6) is 0.308. The minimum Gasteiger partial charge on any atom is -0.440 e. The number of carbonyl (C=O) groups excluding carboxylic acids is 2. The van der Waals surface area contributed by atoms with Gasteiger partial charge in [-0.15, -0.1) is 0 Å². The van der Waals surface area contributed by atoms with Gasteiger partial charge in [-0.3, -0.25) is 9.59 Å². The summed E-state index contributed by atoms with van der Waals surface area (Å²) >= 11 is 0. The number of anilines is 2. The summed E-state index contributed by atoms with van der Waals surface area (Å²) in [6, 6.07) is 11.3. The van der Waals surface area contributed by atoms with Crippen molar-refractivity contribution in [1.29, 1.82) is 0 Å². The fourth-order valence-corrected chi connectivity index (χ4v) is 3.66. The molecule has 1 atom stereocenters. The van der Waals surface area contributed by atoms with Crippen LogP contribution in [0.25, 0.3) is 11.1 Å². The Hall–Kier alpha value is -3.15. The first-order valence-corrected chi connectivity index (χ1v) is 9.91. The molecule has 6 heteroatoms. The molecule has 1 unspecified atom stereocenters. The van der Waals surface area contributed by atoms with E-state index in [1.165, 1.54) is 0 Å². The average Bonchev–Trinajstić information content (AvgIpc) is 3.27. The highest BCUT2D eigenvalue weighted by atomic mass is 16.3. The van der Waals surface area contributed by atoms with Gasteiger partial charge in [0.2, 0.25) is 11.8 Å². The highest BCUT2D eigenvalue weighted by Crippen LogP contribution is 2.30. The molecule has 29 heavy (non-hydrogen) atoms. The second kappa shape index (κ2) is 7.35. The van der Waals surface area contributed by atoms with Crippen LogP contribution in [-0.4, -0.2) is 23.3 Å². The van der Waals surface area contributed by atoms with Crippen LogP contribution in [0.1, 0.15) is 43.2 Å². The number of benzene rings is 2. The van der Waals surface area contributed by atoms with Gasteiger partial charge in [-0.05, 0) is 49.2 Å². The van der Waals surface area contributed by atoms with Crippen molar-refractivity contribution in [3.05, 3.63) is 53.4 Å². The summed E-state index contributed by atoms with van der Waals surface area (Å²) in [7, 11) is 0. The van der Waals surface area contributed by atoms with Crippen LogP contribution < -0.4 is 10.2 Å². The van der Waals surface area contributed by atoms with Crippen molar-refractivity contribution in [3.8, 4) is 0 Å².